The minimum Gasteiger partial charge on any atom is -0.332 e. The van der Waals surface area contributed by atoms with Gasteiger partial charge in [0.05, 0.1) is 5.69 Å². The Labute approximate surface area is 150 Å². The molecule has 0 saturated heterocycles. The molecule has 1 N–H and O–H groups in total. The van der Waals surface area contributed by atoms with Crippen LogP contribution in [0.15, 0.2) is 47.8 Å². The summed E-state index contributed by atoms with van der Waals surface area (Å²) in [6, 6.07) is 14.0. The summed E-state index contributed by atoms with van der Waals surface area (Å²) in [7, 11) is 0. The predicted octanol–water partition coefficient (Wildman–Crippen LogP) is 6.40. The first-order valence-corrected chi connectivity index (χ1v) is 7.93. The van der Waals surface area contributed by atoms with Gasteiger partial charge in [0.2, 0.25) is 0 Å². The number of nitrogens with one attached hydrogen (secondary N) is 1. The smallest absolute Gasteiger partial charge is 0.187 e. The van der Waals surface area contributed by atoms with Gasteiger partial charge in [0.15, 0.2) is 5.13 Å². The zero-order valence-corrected chi connectivity index (χ0v) is 15.5. The molecule has 22 heavy (non-hydrogen) atoms. The largest absolute Gasteiger partial charge is 0.332 e. The highest BCUT2D eigenvalue weighted by Crippen LogP contribution is 2.28. The van der Waals surface area contributed by atoms with Crippen LogP contribution in [0.4, 0.5) is 10.8 Å². The molecule has 0 atom stereocenters. The van der Waals surface area contributed by atoms with Gasteiger partial charge >= 0.3 is 0 Å². The number of hydrogen-bond acceptors (Lipinski definition) is 3. The van der Waals surface area contributed by atoms with Crippen LogP contribution < -0.4 is 5.32 Å². The van der Waals surface area contributed by atoms with Crippen molar-refractivity contribution in [2.75, 3.05) is 5.32 Å². The second kappa shape index (κ2) is 7.27. The quantitative estimate of drug-likeness (QED) is 0.555. The van der Waals surface area contributed by atoms with Crippen LogP contribution in [0.2, 0.25) is 5.02 Å². The molecular weight excluding hydrogens is 380 g/mol. The first-order valence-electron chi connectivity index (χ1n) is 6.67. The van der Waals surface area contributed by atoms with Crippen molar-refractivity contribution in [2.24, 2.45) is 0 Å². The fraction of sp³-hybridized carbons (Fsp3) is 0.118. The summed E-state index contributed by atoms with van der Waals surface area (Å²) in [5.74, 6) is 0. The Kier molecular flexibility index (Phi) is 5.62. The SMILES string of the molecule is Br.Cc1ccc(-c2csc(Nc3ccc(Cl)cc3)n2)cc1C. The van der Waals surface area contributed by atoms with Gasteiger partial charge in [0.25, 0.3) is 0 Å². The molecule has 0 radical (unpaired) electrons. The fourth-order valence-corrected chi connectivity index (χ4v) is 2.89. The molecule has 1 heterocycles. The molecule has 1 aromatic heterocycles. The summed E-state index contributed by atoms with van der Waals surface area (Å²) >= 11 is 7.48. The van der Waals surface area contributed by atoms with E-state index in [1.54, 1.807) is 11.3 Å². The molecule has 0 amide bonds. The number of halogens is 2. The molecule has 3 rings (SSSR count). The summed E-state index contributed by atoms with van der Waals surface area (Å²) in [6.07, 6.45) is 0. The summed E-state index contributed by atoms with van der Waals surface area (Å²) in [4.78, 5) is 4.64. The van der Waals surface area contributed by atoms with E-state index in [1.807, 2.05) is 24.3 Å². The summed E-state index contributed by atoms with van der Waals surface area (Å²) in [6.45, 7) is 4.24. The Morgan fingerprint density at radius 3 is 2.41 bits per heavy atom. The van der Waals surface area contributed by atoms with Crippen LogP contribution in [0, 0.1) is 13.8 Å². The van der Waals surface area contributed by atoms with Crippen LogP contribution in [0.25, 0.3) is 11.3 Å². The lowest BCUT2D eigenvalue weighted by atomic mass is 10.1. The first-order chi connectivity index (χ1) is 10.1. The van der Waals surface area contributed by atoms with E-state index in [1.165, 1.54) is 11.1 Å². The summed E-state index contributed by atoms with van der Waals surface area (Å²) in [5.41, 5.74) is 5.72. The maximum Gasteiger partial charge on any atom is 0.187 e. The second-order valence-corrected chi connectivity index (χ2v) is 6.26. The van der Waals surface area contributed by atoms with Crippen molar-refractivity contribution in [3.05, 3.63) is 64.0 Å². The normalized spacial score (nSPS) is 10.1. The number of aromatic nitrogens is 1. The van der Waals surface area contributed by atoms with Gasteiger partial charge in [-0.05, 0) is 55.3 Å². The zero-order valence-electron chi connectivity index (χ0n) is 12.3. The Morgan fingerprint density at radius 1 is 1.00 bits per heavy atom. The lowest BCUT2D eigenvalue weighted by molar-refractivity contribution is 1.32. The molecule has 2 aromatic carbocycles. The minimum atomic E-state index is 0. The van der Waals surface area contributed by atoms with Crippen LogP contribution in [-0.4, -0.2) is 4.98 Å². The maximum absolute atomic E-state index is 5.89. The van der Waals surface area contributed by atoms with Gasteiger partial charge in [-0.15, -0.1) is 28.3 Å². The van der Waals surface area contributed by atoms with Crippen LogP contribution in [-0.2, 0) is 0 Å². The summed E-state index contributed by atoms with van der Waals surface area (Å²) < 4.78 is 0. The number of benzene rings is 2. The molecule has 0 spiro atoms. The predicted molar refractivity (Wildman–Crippen MR) is 102 cm³/mol. The third kappa shape index (κ3) is 3.88. The molecule has 2 nitrogen and oxygen atoms in total. The highest BCUT2D eigenvalue weighted by molar-refractivity contribution is 8.93. The standard InChI is InChI=1S/C17H15ClN2S.BrH/c1-11-3-4-13(9-12(11)2)16-10-21-17(20-16)19-15-7-5-14(18)6-8-15;/h3-10H,1-2H3,(H,19,20);1H. The van der Waals surface area contributed by atoms with Crippen LogP contribution in [0.5, 0.6) is 0 Å². The fourth-order valence-electron chi connectivity index (χ4n) is 2.02. The van der Waals surface area contributed by atoms with Gasteiger partial charge in [-0.3, -0.25) is 0 Å². The third-order valence-corrected chi connectivity index (χ3v) is 4.41. The van der Waals surface area contributed by atoms with Gasteiger partial charge < -0.3 is 5.32 Å². The van der Waals surface area contributed by atoms with Crippen molar-refractivity contribution < 1.29 is 0 Å². The molecule has 0 aliphatic carbocycles. The van der Waals surface area contributed by atoms with E-state index in [9.17, 15) is 0 Å². The molecule has 0 aliphatic heterocycles. The molecular formula is C17H16BrClN2S. The number of thiazole rings is 1. The van der Waals surface area contributed by atoms with Crippen molar-refractivity contribution in [3.63, 3.8) is 0 Å². The Balaban J connectivity index is 0.00000176. The Hall–Kier alpha value is -1.36. The lowest BCUT2D eigenvalue weighted by Gasteiger charge is -2.03. The van der Waals surface area contributed by atoms with Crippen molar-refractivity contribution in [3.8, 4) is 11.3 Å². The number of anilines is 2. The molecule has 3 aromatic rings. The molecule has 0 bridgehead atoms. The number of hydrogen-bond donors (Lipinski definition) is 1. The number of nitrogens with zero attached hydrogens (tertiary/aromatic N) is 1. The Bertz CT molecular complexity index is 769. The summed E-state index contributed by atoms with van der Waals surface area (Å²) in [5, 5.41) is 6.98. The van der Waals surface area contributed by atoms with Crippen LogP contribution in [0.3, 0.4) is 0 Å². The first kappa shape index (κ1) is 17.0. The van der Waals surface area contributed by atoms with E-state index in [2.05, 4.69) is 47.7 Å². The molecule has 0 unspecified atom stereocenters. The molecule has 0 aliphatic rings. The average Bonchev–Trinajstić information content (AvgIpc) is 2.93. The highest BCUT2D eigenvalue weighted by Gasteiger charge is 2.06. The molecule has 114 valence electrons. The minimum absolute atomic E-state index is 0. The van der Waals surface area contributed by atoms with Crippen molar-refractivity contribution >= 4 is 50.7 Å². The van der Waals surface area contributed by atoms with Gasteiger partial charge in [-0.25, -0.2) is 4.98 Å². The Morgan fingerprint density at radius 2 is 1.73 bits per heavy atom. The van der Waals surface area contributed by atoms with Crippen LogP contribution >= 0.6 is 39.9 Å². The number of aryl methyl sites for hydroxylation is 2. The zero-order chi connectivity index (χ0) is 14.8. The molecule has 0 saturated carbocycles. The lowest BCUT2D eigenvalue weighted by Crippen LogP contribution is -1.89. The van der Waals surface area contributed by atoms with Crippen molar-refractivity contribution in [2.45, 2.75) is 13.8 Å². The van der Waals surface area contributed by atoms with Crippen LogP contribution in [0.1, 0.15) is 11.1 Å². The average molecular weight is 396 g/mol. The van der Waals surface area contributed by atoms with E-state index in [0.29, 0.717) is 0 Å². The topological polar surface area (TPSA) is 24.9 Å². The van der Waals surface area contributed by atoms with Gasteiger partial charge in [0, 0.05) is 21.7 Å². The maximum atomic E-state index is 5.89. The molecule has 5 heteroatoms. The van der Waals surface area contributed by atoms with Gasteiger partial charge in [-0.1, -0.05) is 23.7 Å². The van der Waals surface area contributed by atoms with Gasteiger partial charge in [-0.2, -0.15) is 0 Å². The van der Waals surface area contributed by atoms with E-state index >= 15 is 0 Å². The van der Waals surface area contributed by atoms with Gasteiger partial charge in [0.1, 0.15) is 0 Å². The van der Waals surface area contributed by atoms with Crippen molar-refractivity contribution in [1.82, 2.24) is 4.98 Å². The second-order valence-electron chi connectivity index (χ2n) is 4.97. The van der Waals surface area contributed by atoms with E-state index in [4.69, 9.17) is 11.6 Å². The monoisotopic (exact) mass is 394 g/mol. The van der Waals surface area contributed by atoms with E-state index in [0.717, 1.165) is 27.1 Å². The van der Waals surface area contributed by atoms with E-state index in [-0.39, 0.29) is 17.0 Å². The number of rotatable bonds is 3. The van der Waals surface area contributed by atoms with Crippen molar-refractivity contribution in [1.29, 1.82) is 0 Å². The third-order valence-electron chi connectivity index (χ3n) is 3.40. The highest BCUT2D eigenvalue weighted by atomic mass is 79.9. The molecule has 0 fully saturated rings. The van der Waals surface area contributed by atoms with E-state index < -0.39 is 0 Å².